The fourth-order valence-electron chi connectivity index (χ4n) is 3.11. The second-order valence-electron chi connectivity index (χ2n) is 6.63. The minimum absolute atomic E-state index is 0.0235. The zero-order chi connectivity index (χ0) is 20.6. The van der Waals surface area contributed by atoms with Crippen molar-refractivity contribution in [2.45, 2.75) is 32.6 Å². The molecule has 7 nitrogen and oxygen atoms in total. The first-order chi connectivity index (χ1) is 13.2. The number of fused-ring (bicyclic) bond motifs is 1. The number of halogens is 2. The van der Waals surface area contributed by atoms with Crippen LogP contribution in [0.2, 0.25) is 5.15 Å². The molecule has 0 aliphatic heterocycles. The van der Waals surface area contributed by atoms with Gasteiger partial charge in [0.15, 0.2) is 16.6 Å². The molecule has 2 aromatic heterocycles. The first-order valence-corrected chi connectivity index (χ1v) is 8.93. The molecule has 0 aliphatic rings. The van der Waals surface area contributed by atoms with E-state index in [1.54, 1.807) is 18.2 Å². The topological polar surface area (TPSA) is 105 Å². The molecule has 0 atom stereocenters. The Morgan fingerprint density at radius 3 is 2.71 bits per heavy atom. The minimum Gasteiger partial charge on any atom is -0.481 e. The van der Waals surface area contributed by atoms with Crippen LogP contribution in [0.5, 0.6) is 0 Å². The van der Waals surface area contributed by atoms with E-state index in [4.69, 9.17) is 16.7 Å². The van der Waals surface area contributed by atoms with E-state index in [2.05, 4.69) is 9.97 Å². The van der Waals surface area contributed by atoms with E-state index in [-0.39, 0.29) is 29.8 Å². The highest BCUT2D eigenvalue weighted by atomic mass is 35.5. The second kappa shape index (κ2) is 7.55. The molecule has 0 amide bonds. The number of carboxylic acids is 1. The van der Waals surface area contributed by atoms with Crippen LogP contribution < -0.4 is 11.2 Å². The van der Waals surface area contributed by atoms with Crippen molar-refractivity contribution in [3.8, 4) is 5.69 Å². The molecule has 0 spiro atoms. The Balaban J connectivity index is 2.45. The molecule has 1 aromatic carbocycles. The quantitative estimate of drug-likeness (QED) is 0.635. The van der Waals surface area contributed by atoms with E-state index in [1.807, 2.05) is 13.8 Å². The number of carbonyl (C=O) groups is 1. The third kappa shape index (κ3) is 3.55. The molecular formula is C19H17ClFN3O4. The van der Waals surface area contributed by atoms with Crippen molar-refractivity contribution in [2.24, 2.45) is 0 Å². The molecule has 3 rings (SSSR count). The van der Waals surface area contributed by atoms with Crippen molar-refractivity contribution in [3.05, 3.63) is 67.2 Å². The Morgan fingerprint density at radius 1 is 1.36 bits per heavy atom. The van der Waals surface area contributed by atoms with Gasteiger partial charge >= 0.3 is 11.7 Å². The van der Waals surface area contributed by atoms with Gasteiger partial charge in [0.25, 0.3) is 5.56 Å². The SMILES string of the molecule is CC(C)c1cccc(CCC(=O)O)c1-n1c(=O)[nH]c(=O)c2cc(F)c(Cl)nc21. The number of aromatic nitrogens is 3. The first-order valence-electron chi connectivity index (χ1n) is 8.55. The molecule has 28 heavy (non-hydrogen) atoms. The van der Waals surface area contributed by atoms with Crippen LogP contribution in [0.4, 0.5) is 4.39 Å². The number of aromatic amines is 1. The largest absolute Gasteiger partial charge is 0.481 e. The van der Waals surface area contributed by atoms with Gasteiger partial charge in [-0.15, -0.1) is 0 Å². The number of pyridine rings is 1. The zero-order valence-electron chi connectivity index (χ0n) is 15.1. The lowest BCUT2D eigenvalue weighted by Gasteiger charge is -2.19. The summed E-state index contributed by atoms with van der Waals surface area (Å²) in [6, 6.07) is 6.21. The monoisotopic (exact) mass is 405 g/mol. The molecule has 2 heterocycles. The molecule has 0 radical (unpaired) electrons. The number of nitrogens with one attached hydrogen (secondary N) is 1. The fourth-order valence-corrected chi connectivity index (χ4v) is 3.25. The summed E-state index contributed by atoms with van der Waals surface area (Å²) in [4.78, 5) is 42.1. The number of hydrogen-bond acceptors (Lipinski definition) is 4. The van der Waals surface area contributed by atoms with Crippen LogP contribution in [0.25, 0.3) is 16.7 Å². The number of nitrogens with zero attached hydrogens (tertiary/aromatic N) is 2. The number of hydrogen-bond donors (Lipinski definition) is 2. The number of para-hydroxylation sites is 1. The summed E-state index contributed by atoms with van der Waals surface area (Å²) < 4.78 is 15.0. The first kappa shape index (κ1) is 19.8. The molecule has 9 heteroatoms. The van der Waals surface area contributed by atoms with Crippen molar-refractivity contribution in [3.63, 3.8) is 0 Å². The van der Waals surface area contributed by atoms with Crippen LogP contribution in [0.1, 0.15) is 37.3 Å². The van der Waals surface area contributed by atoms with Gasteiger partial charge in [-0.2, -0.15) is 0 Å². The maximum absolute atomic E-state index is 13.9. The highest BCUT2D eigenvalue weighted by Crippen LogP contribution is 2.28. The average Bonchev–Trinajstić information content (AvgIpc) is 2.62. The number of aryl methyl sites for hydroxylation is 1. The lowest BCUT2D eigenvalue weighted by atomic mass is 9.95. The Bertz CT molecular complexity index is 1200. The maximum atomic E-state index is 13.9. The lowest BCUT2D eigenvalue weighted by Crippen LogP contribution is -2.31. The van der Waals surface area contributed by atoms with Crippen LogP contribution in [0, 0.1) is 5.82 Å². The maximum Gasteiger partial charge on any atom is 0.334 e. The van der Waals surface area contributed by atoms with Gasteiger partial charge < -0.3 is 5.11 Å². The minimum atomic E-state index is -0.984. The Kier molecular flexibility index (Phi) is 5.33. The van der Waals surface area contributed by atoms with E-state index < -0.39 is 28.2 Å². The fraction of sp³-hybridized carbons (Fsp3) is 0.263. The Hall–Kier alpha value is -3.00. The van der Waals surface area contributed by atoms with E-state index >= 15 is 0 Å². The summed E-state index contributed by atoms with van der Waals surface area (Å²) in [5, 5.41) is 8.45. The number of aliphatic carboxylic acids is 1. The molecule has 0 unspecified atom stereocenters. The predicted molar refractivity (Wildman–Crippen MR) is 103 cm³/mol. The molecule has 0 bridgehead atoms. The summed E-state index contributed by atoms with van der Waals surface area (Å²) in [6.45, 7) is 3.83. The van der Waals surface area contributed by atoms with E-state index in [9.17, 15) is 18.8 Å². The lowest BCUT2D eigenvalue weighted by molar-refractivity contribution is -0.136. The van der Waals surface area contributed by atoms with Gasteiger partial charge in [-0.1, -0.05) is 43.6 Å². The third-order valence-electron chi connectivity index (χ3n) is 4.40. The molecule has 146 valence electrons. The average molecular weight is 406 g/mol. The number of benzene rings is 1. The van der Waals surface area contributed by atoms with Gasteiger partial charge in [-0.05, 0) is 29.5 Å². The third-order valence-corrected chi connectivity index (χ3v) is 4.66. The highest BCUT2D eigenvalue weighted by Gasteiger charge is 2.20. The molecule has 0 saturated carbocycles. The smallest absolute Gasteiger partial charge is 0.334 e. The van der Waals surface area contributed by atoms with Gasteiger partial charge in [0.2, 0.25) is 0 Å². The molecule has 0 aliphatic carbocycles. The zero-order valence-corrected chi connectivity index (χ0v) is 15.9. The van der Waals surface area contributed by atoms with Crippen molar-refractivity contribution < 1.29 is 14.3 Å². The Morgan fingerprint density at radius 2 is 2.07 bits per heavy atom. The van der Waals surface area contributed by atoms with E-state index in [1.165, 1.54) is 0 Å². The van der Waals surface area contributed by atoms with Gasteiger partial charge in [-0.25, -0.2) is 18.7 Å². The number of carboxylic acid groups (broad SMARTS) is 1. The standard InChI is InChI=1S/C19H17ClFN3O4/c1-9(2)11-5-3-4-10(6-7-14(25)26)15(11)24-17-12(18(27)23-19(24)28)8-13(21)16(20)22-17/h3-5,8-9H,6-7H2,1-2H3,(H,25,26)(H,23,27,28). The number of rotatable bonds is 5. The highest BCUT2D eigenvalue weighted by molar-refractivity contribution is 6.29. The summed E-state index contributed by atoms with van der Waals surface area (Å²) >= 11 is 5.81. The second-order valence-corrected chi connectivity index (χ2v) is 6.99. The number of H-pyrrole nitrogens is 1. The Labute approximate surface area is 163 Å². The van der Waals surface area contributed by atoms with Crippen molar-refractivity contribution in [2.75, 3.05) is 0 Å². The molecule has 2 N–H and O–H groups in total. The normalized spacial score (nSPS) is 11.3. The van der Waals surface area contributed by atoms with Gasteiger partial charge in [0.05, 0.1) is 11.1 Å². The summed E-state index contributed by atoms with van der Waals surface area (Å²) in [5.41, 5.74) is 0.114. The molecule has 0 fully saturated rings. The molecular weight excluding hydrogens is 389 g/mol. The van der Waals surface area contributed by atoms with Gasteiger partial charge in [-0.3, -0.25) is 14.6 Å². The van der Waals surface area contributed by atoms with Gasteiger partial charge in [0, 0.05) is 6.42 Å². The molecule has 0 saturated heterocycles. The summed E-state index contributed by atoms with van der Waals surface area (Å²) in [6.07, 6.45) is 0.0145. The molecule has 3 aromatic rings. The predicted octanol–water partition coefficient (Wildman–Crippen LogP) is 3.01. The van der Waals surface area contributed by atoms with Crippen molar-refractivity contribution in [1.82, 2.24) is 14.5 Å². The van der Waals surface area contributed by atoms with Crippen molar-refractivity contribution in [1.29, 1.82) is 0 Å². The van der Waals surface area contributed by atoms with Crippen LogP contribution in [0.3, 0.4) is 0 Å². The van der Waals surface area contributed by atoms with Crippen LogP contribution in [-0.4, -0.2) is 25.6 Å². The van der Waals surface area contributed by atoms with Crippen LogP contribution in [0.15, 0.2) is 33.9 Å². The van der Waals surface area contributed by atoms with E-state index in [0.717, 1.165) is 16.2 Å². The summed E-state index contributed by atoms with van der Waals surface area (Å²) in [5.74, 6) is -1.89. The van der Waals surface area contributed by atoms with E-state index in [0.29, 0.717) is 11.3 Å². The van der Waals surface area contributed by atoms with Gasteiger partial charge in [0.1, 0.15) is 0 Å². The van der Waals surface area contributed by atoms with Crippen molar-refractivity contribution >= 4 is 28.6 Å². The van der Waals surface area contributed by atoms with Crippen LogP contribution in [-0.2, 0) is 11.2 Å². The van der Waals surface area contributed by atoms with Crippen LogP contribution >= 0.6 is 11.6 Å². The summed E-state index contributed by atoms with van der Waals surface area (Å²) in [7, 11) is 0.